The number of aromatic nitrogens is 4. The highest BCUT2D eigenvalue weighted by Crippen LogP contribution is 2.29. The number of rotatable bonds is 7. The number of anilines is 3. The molecule has 1 aliphatic heterocycles. The Labute approximate surface area is 209 Å². The van der Waals surface area contributed by atoms with Crippen LogP contribution in [0.5, 0.6) is 0 Å². The minimum absolute atomic E-state index is 0.189. The lowest BCUT2D eigenvalue weighted by Crippen LogP contribution is -2.43. The maximum atomic E-state index is 13.4. The van der Waals surface area contributed by atoms with E-state index >= 15 is 0 Å². The largest absolute Gasteiger partial charge is 0.444 e. The van der Waals surface area contributed by atoms with Gasteiger partial charge in [0.2, 0.25) is 5.95 Å². The van der Waals surface area contributed by atoms with Gasteiger partial charge < -0.3 is 26.0 Å². The molecule has 3 aromatic rings. The zero-order valence-electron chi connectivity index (χ0n) is 20.7. The van der Waals surface area contributed by atoms with Crippen molar-refractivity contribution >= 4 is 23.7 Å². The monoisotopic (exact) mass is 494 g/mol. The fourth-order valence-electron chi connectivity index (χ4n) is 3.85. The first-order chi connectivity index (χ1) is 17.2. The van der Waals surface area contributed by atoms with Gasteiger partial charge in [-0.2, -0.15) is 4.98 Å². The van der Waals surface area contributed by atoms with Crippen LogP contribution in [-0.2, 0) is 4.74 Å². The van der Waals surface area contributed by atoms with Gasteiger partial charge in [0, 0.05) is 24.0 Å². The van der Waals surface area contributed by atoms with E-state index in [-0.39, 0.29) is 17.9 Å². The summed E-state index contributed by atoms with van der Waals surface area (Å²) < 4.78 is 19.1. The molecule has 190 valence electrons. The molecule has 4 N–H and O–H groups in total. The van der Waals surface area contributed by atoms with E-state index in [9.17, 15) is 9.18 Å². The van der Waals surface area contributed by atoms with Crippen molar-refractivity contribution in [2.75, 3.05) is 17.2 Å². The summed E-state index contributed by atoms with van der Waals surface area (Å²) in [5.74, 6) is 1.09. The van der Waals surface area contributed by atoms with Crippen LogP contribution in [0, 0.1) is 5.82 Å². The normalized spacial score (nSPS) is 18.4. The number of carbonyl (C=O) groups excluding carboxylic acids is 1. The molecule has 2 aromatic heterocycles. The standard InChI is InChI=1S/C25H31FN8O2/c1-15(16-5-7-17(26)8-6-16)30-23-31-18(13-20(33-23)32-21-14-27-11-12-28-21)22-19(9-10-29-22)36-24(35)34-25(2,3)4/h5-8,11-15,19,22,29H,9-10H2,1-4H3,(H,34,35)(H2,28,30,31,32,33)/t15-,19?,22?/m0/s1. The van der Waals surface area contributed by atoms with Gasteiger partial charge in [-0.25, -0.2) is 19.2 Å². The molecule has 4 rings (SSSR count). The lowest BCUT2D eigenvalue weighted by atomic mass is 10.1. The van der Waals surface area contributed by atoms with Crippen LogP contribution >= 0.6 is 0 Å². The minimum Gasteiger partial charge on any atom is -0.444 e. The Morgan fingerprint density at radius 2 is 1.94 bits per heavy atom. The smallest absolute Gasteiger partial charge is 0.407 e. The number of nitrogens with zero attached hydrogens (tertiary/aromatic N) is 4. The van der Waals surface area contributed by atoms with E-state index in [1.54, 1.807) is 36.8 Å². The summed E-state index contributed by atoms with van der Waals surface area (Å²) in [5.41, 5.74) is 1.12. The highest BCUT2D eigenvalue weighted by molar-refractivity contribution is 5.68. The van der Waals surface area contributed by atoms with E-state index in [4.69, 9.17) is 9.72 Å². The van der Waals surface area contributed by atoms with E-state index in [2.05, 4.69) is 36.2 Å². The summed E-state index contributed by atoms with van der Waals surface area (Å²) in [6.07, 6.45) is 4.52. The van der Waals surface area contributed by atoms with Crippen LogP contribution in [0.4, 0.5) is 26.8 Å². The molecule has 1 fully saturated rings. The van der Waals surface area contributed by atoms with Crippen molar-refractivity contribution in [3.63, 3.8) is 0 Å². The van der Waals surface area contributed by atoms with E-state index < -0.39 is 17.7 Å². The van der Waals surface area contributed by atoms with Crippen LogP contribution in [0.15, 0.2) is 48.9 Å². The summed E-state index contributed by atoms with van der Waals surface area (Å²) in [6, 6.07) is 7.54. The zero-order chi connectivity index (χ0) is 25.7. The summed E-state index contributed by atoms with van der Waals surface area (Å²) in [5, 5.41) is 12.7. The molecule has 1 aliphatic rings. The molecule has 0 radical (unpaired) electrons. The number of halogens is 1. The second-order valence-electron chi connectivity index (χ2n) is 9.67. The van der Waals surface area contributed by atoms with Gasteiger partial charge in [-0.3, -0.25) is 4.98 Å². The van der Waals surface area contributed by atoms with E-state index in [1.807, 2.05) is 27.7 Å². The zero-order valence-corrected chi connectivity index (χ0v) is 20.7. The molecule has 2 unspecified atom stereocenters. The second kappa shape index (κ2) is 10.8. The topological polar surface area (TPSA) is 126 Å². The van der Waals surface area contributed by atoms with Gasteiger partial charge in [0.1, 0.15) is 23.6 Å². The third-order valence-corrected chi connectivity index (χ3v) is 5.50. The van der Waals surface area contributed by atoms with Crippen molar-refractivity contribution in [3.05, 3.63) is 66.0 Å². The molecule has 10 nitrogen and oxygen atoms in total. The third kappa shape index (κ3) is 6.85. The molecule has 0 saturated carbocycles. The number of nitrogens with one attached hydrogen (secondary N) is 4. The number of hydrogen-bond acceptors (Lipinski definition) is 9. The number of alkyl carbamates (subject to hydrolysis) is 1. The SMILES string of the molecule is C[C@H](Nc1nc(Nc2cnccn2)cc(C2NCCC2OC(=O)NC(C)(C)C)n1)c1ccc(F)cc1. The first-order valence-electron chi connectivity index (χ1n) is 11.8. The quantitative estimate of drug-likeness (QED) is 0.381. The van der Waals surface area contributed by atoms with Gasteiger partial charge in [0.05, 0.1) is 24.0 Å². The molecule has 0 bridgehead atoms. The Hall–Kier alpha value is -3.86. The molecular weight excluding hydrogens is 463 g/mol. The van der Waals surface area contributed by atoms with Crippen molar-refractivity contribution in [2.24, 2.45) is 0 Å². The molecule has 0 aliphatic carbocycles. The number of benzene rings is 1. The molecule has 36 heavy (non-hydrogen) atoms. The van der Waals surface area contributed by atoms with Crippen molar-refractivity contribution in [2.45, 2.75) is 57.8 Å². The Bertz CT molecular complexity index is 1170. The van der Waals surface area contributed by atoms with Crippen molar-refractivity contribution in [1.82, 2.24) is 30.6 Å². The third-order valence-electron chi connectivity index (χ3n) is 5.50. The summed E-state index contributed by atoms with van der Waals surface area (Å²) >= 11 is 0. The number of ether oxygens (including phenoxy) is 1. The second-order valence-corrected chi connectivity index (χ2v) is 9.67. The number of amides is 1. The Kier molecular flexibility index (Phi) is 7.58. The lowest BCUT2D eigenvalue weighted by molar-refractivity contribution is 0.0835. The maximum Gasteiger partial charge on any atom is 0.407 e. The molecule has 11 heteroatoms. The summed E-state index contributed by atoms with van der Waals surface area (Å²) in [7, 11) is 0. The van der Waals surface area contributed by atoms with Crippen LogP contribution in [0.25, 0.3) is 0 Å². The molecular formula is C25H31FN8O2. The summed E-state index contributed by atoms with van der Waals surface area (Å²) in [4.78, 5) is 30.1. The van der Waals surface area contributed by atoms with Crippen molar-refractivity contribution in [3.8, 4) is 0 Å². The Morgan fingerprint density at radius 3 is 2.64 bits per heavy atom. The van der Waals surface area contributed by atoms with E-state index in [0.717, 1.165) is 5.56 Å². The van der Waals surface area contributed by atoms with E-state index in [1.165, 1.54) is 12.1 Å². The lowest BCUT2D eigenvalue weighted by Gasteiger charge is -2.25. The molecule has 0 spiro atoms. The van der Waals surface area contributed by atoms with Gasteiger partial charge in [0.25, 0.3) is 0 Å². The molecule has 1 saturated heterocycles. The first kappa shape index (κ1) is 25.2. The number of carbonyl (C=O) groups is 1. The predicted molar refractivity (Wildman–Crippen MR) is 134 cm³/mol. The Balaban J connectivity index is 1.60. The van der Waals surface area contributed by atoms with Gasteiger partial charge in [0.15, 0.2) is 0 Å². The summed E-state index contributed by atoms with van der Waals surface area (Å²) in [6.45, 7) is 8.30. The van der Waals surface area contributed by atoms with Crippen LogP contribution in [0.1, 0.15) is 57.5 Å². The maximum absolute atomic E-state index is 13.4. The van der Waals surface area contributed by atoms with Gasteiger partial charge in [-0.1, -0.05) is 12.1 Å². The van der Waals surface area contributed by atoms with Crippen molar-refractivity contribution in [1.29, 1.82) is 0 Å². The first-order valence-corrected chi connectivity index (χ1v) is 11.8. The van der Waals surface area contributed by atoms with E-state index in [0.29, 0.717) is 36.2 Å². The molecule has 3 heterocycles. The predicted octanol–water partition coefficient (Wildman–Crippen LogP) is 4.25. The van der Waals surface area contributed by atoms with Crippen molar-refractivity contribution < 1.29 is 13.9 Å². The van der Waals surface area contributed by atoms with Crippen LogP contribution in [-0.4, -0.2) is 44.2 Å². The Morgan fingerprint density at radius 1 is 1.17 bits per heavy atom. The average Bonchev–Trinajstić information content (AvgIpc) is 3.26. The highest BCUT2D eigenvalue weighted by atomic mass is 19.1. The van der Waals surface area contributed by atoms with Gasteiger partial charge >= 0.3 is 6.09 Å². The number of hydrogen-bond donors (Lipinski definition) is 4. The van der Waals surface area contributed by atoms with Crippen LogP contribution in [0.3, 0.4) is 0 Å². The fourth-order valence-corrected chi connectivity index (χ4v) is 3.85. The molecule has 3 atom stereocenters. The van der Waals surface area contributed by atoms with Crippen LogP contribution < -0.4 is 21.3 Å². The molecule has 1 aromatic carbocycles. The fraction of sp³-hybridized carbons (Fsp3) is 0.400. The minimum atomic E-state index is -0.476. The van der Waals surface area contributed by atoms with Gasteiger partial charge in [-0.05, 0) is 58.4 Å². The average molecular weight is 495 g/mol. The highest BCUT2D eigenvalue weighted by Gasteiger charge is 2.34. The van der Waals surface area contributed by atoms with Gasteiger partial charge in [-0.15, -0.1) is 0 Å². The van der Waals surface area contributed by atoms with Crippen LogP contribution in [0.2, 0.25) is 0 Å². The molecule has 1 amide bonds.